The van der Waals surface area contributed by atoms with Crippen LogP contribution in [0.1, 0.15) is 19.4 Å². The minimum Gasteiger partial charge on any atom is -0.380 e. The van der Waals surface area contributed by atoms with Crippen LogP contribution in [0.2, 0.25) is 0 Å². The summed E-state index contributed by atoms with van der Waals surface area (Å²) in [6, 6.07) is 6.19. The predicted molar refractivity (Wildman–Crippen MR) is 111 cm³/mol. The van der Waals surface area contributed by atoms with E-state index in [1.165, 1.54) is 23.0 Å². The Morgan fingerprint density at radius 3 is 2.62 bits per heavy atom. The van der Waals surface area contributed by atoms with Gasteiger partial charge in [0.1, 0.15) is 11.2 Å². The van der Waals surface area contributed by atoms with Crippen molar-refractivity contribution in [3.05, 3.63) is 46.5 Å². The molecule has 29 heavy (non-hydrogen) atoms. The van der Waals surface area contributed by atoms with Gasteiger partial charge in [-0.25, -0.2) is 23.5 Å². The second-order valence-corrected chi connectivity index (χ2v) is 8.57. The molecule has 0 saturated carbocycles. The number of benzene rings is 1. The Balaban J connectivity index is 2.35. The Bertz CT molecular complexity index is 1240. The third kappa shape index (κ3) is 4.29. The van der Waals surface area contributed by atoms with Crippen LogP contribution in [-0.2, 0) is 28.4 Å². The number of methoxy groups -OCH3 is 1. The standard InChI is InChI=1S/C19H23N5O4S/c1-11(2)22-18-17-16(21-10-24(3)19(17)25)8-15(23-18)14-7-13(29(20,26)27)6-5-12(14)9-28-4/h5-8,10-11H,9H2,1-4H3,(H,22,23)(H2,20,26,27). The number of rotatable bonds is 6. The molecule has 0 aliphatic heterocycles. The molecule has 0 aliphatic carbocycles. The average molecular weight is 417 g/mol. The number of aryl methyl sites for hydroxylation is 1. The monoisotopic (exact) mass is 417 g/mol. The van der Waals surface area contributed by atoms with E-state index in [0.717, 1.165) is 5.56 Å². The van der Waals surface area contributed by atoms with Gasteiger partial charge in [0.25, 0.3) is 5.56 Å². The third-order valence-electron chi connectivity index (χ3n) is 4.31. The van der Waals surface area contributed by atoms with Gasteiger partial charge in [-0.3, -0.25) is 4.79 Å². The van der Waals surface area contributed by atoms with Gasteiger partial charge in [-0.1, -0.05) is 6.07 Å². The van der Waals surface area contributed by atoms with Gasteiger partial charge in [-0.2, -0.15) is 0 Å². The second-order valence-electron chi connectivity index (χ2n) is 7.01. The molecule has 2 heterocycles. The molecule has 0 fully saturated rings. The van der Waals surface area contributed by atoms with Crippen molar-refractivity contribution in [3.8, 4) is 11.3 Å². The van der Waals surface area contributed by atoms with E-state index < -0.39 is 10.0 Å². The molecule has 1 aromatic carbocycles. The minimum atomic E-state index is -3.90. The zero-order valence-corrected chi connectivity index (χ0v) is 17.4. The smallest absolute Gasteiger partial charge is 0.264 e. The zero-order chi connectivity index (χ0) is 21.3. The normalized spacial score (nSPS) is 11.9. The van der Waals surface area contributed by atoms with E-state index in [1.807, 2.05) is 13.8 Å². The Morgan fingerprint density at radius 1 is 1.28 bits per heavy atom. The van der Waals surface area contributed by atoms with Gasteiger partial charge < -0.3 is 14.6 Å². The highest BCUT2D eigenvalue weighted by Gasteiger charge is 2.18. The lowest BCUT2D eigenvalue weighted by molar-refractivity contribution is 0.185. The van der Waals surface area contributed by atoms with E-state index in [0.29, 0.717) is 28.0 Å². The third-order valence-corrected chi connectivity index (χ3v) is 5.22. The summed E-state index contributed by atoms with van der Waals surface area (Å²) in [7, 11) is -0.739. The molecule has 0 atom stereocenters. The summed E-state index contributed by atoms with van der Waals surface area (Å²) in [4.78, 5) is 21.6. The van der Waals surface area contributed by atoms with Crippen LogP contribution < -0.4 is 16.0 Å². The molecule has 3 rings (SSSR count). The molecule has 0 saturated heterocycles. The topological polar surface area (TPSA) is 129 Å². The Labute approximate surface area is 168 Å². The predicted octanol–water partition coefficient (Wildman–Crippen LogP) is 1.61. The largest absolute Gasteiger partial charge is 0.380 e. The lowest BCUT2D eigenvalue weighted by Crippen LogP contribution is -2.21. The van der Waals surface area contributed by atoms with Gasteiger partial charge in [0, 0.05) is 25.8 Å². The summed E-state index contributed by atoms with van der Waals surface area (Å²) in [5.74, 6) is 0.380. The highest BCUT2D eigenvalue weighted by molar-refractivity contribution is 7.89. The van der Waals surface area contributed by atoms with Gasteiger partial charge >= 0.3 is 0 Å². The number of hydrogen-bond donors (Lipinski definition) is 2. The number of nitrogens with zero attached hydrogens (tertiary/aromatic N) is 3. The highest BCUT2D eigenvalue weighted by atomic mass is 32.2. The van der Waals surface area contributed by atoms with Gasteiger partial charge in [0.2, 0.25) is 10.0 Å². The fourth-order valence-corrected chi connectivity index (χ4v) is 3.53. The van der Waals surface area contributed by atoms with Gasteiger partial charge in [0.15, 0.2) is 0 Å². The molecule has 0 radical (unpaired) electrons. The van der Waals surface area contributed by atoms with Crippen molar-refractivity contribution < 1.29 is 13.2 Å². The zero-order valence-electron chi connectivity index (χ0n) is 16.6. The van der Waals surface area contributed by atoms with Crippen molar-refractivity contribution in [1.82, 2.24) is 14.5 Å². The Kier molecular flexibility index (Phi) is 5.69. The van der Waals surface area contributed by atoms with Crippen molar-refractivity contribution in [1.29, 1.82) is 0 Å². The Morgan fingerprint density at radius 2 is 2.00 bits per heavy atom. The maximum atomic E-state index is 12.7. The number of pyridine rings is 1. The quantitative estimate of drug-likeness (QED) is 0.623. The molecular weight excluding hydrogens is 394 g/mol. The van der Waals surface area contributed by atoms with Crippen molar-refractivity contribution in [2.24, 2.45) is 12.2 Å². The van der Waals surface area contributed by atoms with Gasteiger partial charge in [-0.15, -0.1) is 0 Å². The SMILES string of the molecule is COCc1ccc(S(N)(=O)=O)cc1-c1cc2ncn(C)c(=O)c2c(NC(C)C)n1. The number of nitrogens with two attached hydrogens (primary N) is 1. The first-order valence-corrected chi connectivity index (χ1v) is 10.4. The number of sulfonamides is 1. The van der Waals surface area contributed by atoms with Crippen LogP contribution in [0.15, 0.2) is 40.3 Å². The van der Waals surface area contributed by atoms with Crippen LogP contribution in [0.5, 0.6) is 0 Å². The molecule has 10 heteroatoms. The number of aromatic nitrogens is 3. The molecule has 0 aliphatic rings. The summed E-state index contributed by atoms with van der Waals surface area (Å²) in [6.07, 6.45) is 1.43. The van der Waals surface area contributed by atoms with Crippen LogP contribution in [-0.4, -0.2) is 36.1 Å². The molecule has 9 nitrogen and oxygen atoms in total. The van der Waals surface area contributed by atoms with Gasteiger partial charge in [0.05, 0.1) is 29.0 Å². The number of fused-ring (bicyclic) bond motifs is 1. The minimum absolute atomic E-state index is 0.0139. The first kappa shape index (κ1) is 20.9. The summed E-state index contributed by atoms with van der Waals surface area (Å²) >= 11 is 0. The van der Waals surface area contributed by atoms with E-state index in [2.05, 4.69) is 15.3 Å². The maximum Gasteiger partial charge on any atom is 0.264 e. The summed E-state index contributed by atoms with van der Waals surface area (Å²) in [6.45, 7) is 4.11. The lowest BCUT2D eigenvalue weighted by Gasteiger charge is -2.16. The first-order valence-electron chi connectivity index (χ1n) is 8.89. The van der Waals surface area contributed by atoms with Crippen LogP contribution in [0.4, 0.5) is 5.82 Å². The molecule has 0 bridgehead atoms. The maximum absolute atomic E-state index is 12.7. The van der Waals surface area contributed by atoms with E-state index in [-0.39, 0.29) is 23.1 Å². The molecule has 0 spiro atoms. The van der Waals surface area contributed by atoms with Crippen molar-refractivity contribution >= 4 is 26.7 Å². The van der Waals surface area contributed by atoms with Crippen LogP contribution in [0.3, 0.4) is 0 Å². The van der Waals surface area contributed by atoms with Gasteiger partial charge in [-0.05, 0) is 37.6 Å². The molecule has 2 aromatic heterocycles. The molecule has 3 aromatic rings. The number of anilines is 1. The fourth-order valence-electron chi connectivity index (χ4n) is 2.99. The van der Waals surface area contributed by atoms with Crippen LogP contribution >= 0.6 is 0 Å². The van der Waals surface area contributed by atoms with Crippen molar-refractivity contribution in [2.75, 3.05) is 12.4 Å². The van der Waals surface area contributed by atoms with Crippen LogP contribution in [0.25, 0.3) is 22.2 Å². The van der Waals surface area contributed by atoms with E-state index in [4.69, 9.17) is 9.88 Å². The summed E-state index contributed by atoms with van der Waals surface area (Å²) in [5, 5.41) is 8.85. The lowest BCUT2D eigenvalue weighted by atomic mass is 10.0. The molecule has 0 unspecified atom stereocenters. The molecular formula is C19H23N5O4S. The van der Waals surface area contributed by atoms with E-state index >= 15 is 0 Å². The highest BCUT2D eigenvalue weighted by Crippen LogP contribution is 2.30. The fraction of sp³-hybridized carbons (Fsp3) is 0.316. The molecule has 0 amide bonds. The number of nitrogens with one attached hydrogen (secondary N) is 1. The van der Waals surface area contributed by atoms with Crippen molar-refractivity contribution in [2.45, 2.75) is 31.4 Å². The molecule has 154 valence electrons. The first-order chi connectivity index (χ1) is 13.6. The Hall–Kier alpha value is -2.82. The number of primary sulfonamides is 1. The van der Waals surface area contributed by atoms with E-state index in [1.54, 1.807) is 26.3 Å². The molecule has 3 N–H and O–H groups in total. The average Bonchev–Trinajstić information content (AvgIpc) is 2.63. The number of ether oxygens (including phenoxy) is 1. The van der Waals surface area contributed by atoms with Crippen molar-refractivity contribution in [3.63, 3.8) is 0 Å². The number of hydrogen-bond acceptors (Lipinski definition) is 7. The second kappa shape index (κ2) is 7.90. The van der Waals surface area contributed by atoms with Crippen LogP contribution in [0, 0.1) is 0 Å². The summed E-state index contributed by atoms with van der Waals surface area (Å²) < 4.78 is 30.3. The van der Waals surface area contributed by atoms with E-state index in [9.17, 15) is 13.2 Å². The summed E-state index contributed by atoms with van der Waals surface area (Å²) in [5.41, 5.74) is 1.94.